The highest BCUT2D eigenvalue weighted by atomic mass is 32.2. The Hall–Kier alpha value is -3.20. The molecule has 4 rings (SSSR count). The van der Waals surface area contributed by atoms with E-state index in [-0.39, 0.29) is 27.1 Å². The van der Waals surface area contributed by atoms with Crippen LogP contribution < -0.4 is 5.32 Å². The number of sulfonamides is 1. The molecule has 0 unspecified atom stereocenters. The largest absolute Gasteiger partial charge is 0.317 e. The van der Waals surface area contributed by atoms with Gasteiger partial charge in [-0.2, -0.15) is 9.57 Å². The molecule has 0 bridgehead atoms. The Bertz CT molecular complexity index is 1290. The zero-order valence-electron chi connectivity index (χ0n) is 16.7. The summed E-state index contributed by atoms with van der Waals surface area (Å²) in [5, 5.41) is 20.3. The number of aromatic nitrogens is 2. The lowest BCUT2D eigenvalue weighted by Crippen LogP contribution is -2.37. The van der Waals surface area contributed by atoms with Gasteiger partial charge >= 0.3 is 0 Å². The highest BCUT2D eigenvalue weighted by Crippen LogP contribution is 2.32. The second kappa shape index (κ2) is 9.12. The first-order valence-electron chi connectivity index (χ1n) is 9.78. The molecule has 1 aromatic heterocycles. The van der Waals surface area contributed by atoms with E-state index in [1.165, 1.54) is 34.6 Å². The van der Waals surface area contributed by atoms with Gasteiger partial charge in [-0.25, -0.2) is 12.8 Å². The van der Waals surface area contributed by atoms with Crippen LogP contribution in [0.15, 0.2) is 53.4 Å². The van der Waals surface area contributed by atoms with Crippen molar-refractivity contribution in [2.75, 3.05) is 18.4 Å². The number of hydrogen-bond donors (Lipinski definition) is 1. The Morgan fingerprint density at radius 1 is 1.16 bits per heavy atom. The minimum Gasteiger partial charge on any atom is -0.317 e. The third-order valence-electron chi connectivity index (χ3n) is 5.16. The first-order valence-corrected chi connectivity index (χ1v) is 12.0. The standard InChI is InChI=1S/C21H18FN5O3S2/c22-17-6-1-2-7-18(17)24-19(28)21-26-25-20(31-21)15-8-10-27(11-9-15)32(29,30)16-5-3-4-14(12-16)13-23/h1-7,12,15H,8-11H2,(H,24,28). The number of nitrogens with one attached hydrogen (secondary N) is 1. The number of carbonyl (C=O) groups is 1. The average Bonchev–Trinajstić information content (AvgIpc) is 3.31. The molecule has 1 amide bonds. The molecule has 0 saturated carbocycles. The molecule has 11 heteroatoms. The maximum absolute atomic E-state index is 13.7. The van der Waals surface area contributed by atoms with Crippen molar-refractivity contribution in [2.24, 2.45) is 0 Å². The van der Waals surface area contributed by atoms with Gasteiger partial charge < -0.3 is 5.32 Å². The minimum absolute atomic E-state index is 0.0283. The lowest BCUT2D eigenvalue weighted by atomic mass is 9.99. The predicted molar refractivity (Wildman–Crippen MR) is 116 cm³/mol. The van der Waals surface area contributed by atoms with E-state index < -0.39 is 21.7 Å². The van der Waals surface area contributed by atoms with Crippen molar-refractivity contribution in [1.82, 2.24) is 14.5 Å². The number of rotatable bonds is 5. The summed E-state index contributed by atoms with van der Waals surface area (Å²) in [5.41, 5.74) is 0.351. The highest BCUT2D eigenvalue weighted by Gasteiger charge is 2.32. The Kier molecular flexibility index (Phi) is 6.27. The fourth-order valence-electron chi connectivity index (χ4n) is 3.45. The van der Waals surface area contributed by atoms with Gasteiger partial charge in [-0.05, 0) is 43.2 Å². The molecule has 1 aliphatic rings. The molecule has 0 aliphatic carbocycles. The molecule has 0 radical (unpaired) electrons. The SMILES string of the molecule is N#Cc1cccc(S(=O)(=O)N2CCC(c3nnc(C(=O)Nc4ccccc4F)s3)CC2)c1. The second-order valence-corrected chi connectivity index (χ2v) is 10.1. The van der Waals surface area contributed by atoms with Crippen LogP contribution in [0.2, 0.25) is 0 Å². The van der Waals surface area contributed by atoms with Gasteiger partial charge in [-0.1, -0.05) is 29.5 Å². The van der Waals surface area contributed by atoms with Gasteiger partial charge in [-0.3, -0.25) is 4.79 Å². The maximum atomic E-state index is 13.7. The molecule has 3 aromatic rings. The summed E-state index contributed by atoms with van der Waals surface area (Å²) in [6, 6.07) is 13.8. The number of halogens is 1. The van der Waals surface area contributed by atoms with Gasteiger partial charge in [0.05, 0.1) is 22.2 Å². The van der Waals surface area contributed by atoms with E-state index in [0.717, 1.165) is 11.3 Å². The van der Waals surface area contributed by atoms with E-state index in [2.05, 4.69) is 15.5 Å². The molecule has 0 atom stereocenters. The van der Waals surface area contributed by atoms with Gasteiger partial charge in [0.25, 0.3) is 5.91 Å². The summed E-state index contributed by atoms with van der Waals surface area (Å²) in [6.45, 7) is 0.584. The summed E-state index contributed by atoms with van der Waals surface area (Å²) in [6.07, 6.45) is 1.06. The van der Waals surface area contributed by atoms with Gasteiger partial charge in [0.2, 0.25) is 15.0 Å². The molecule has 1 aliphatic heterocycles. The summed E-state index contributed by atoms with van der Waals surface area (Å²) in [7, 11) is -3.70. The normalized spacial score (nSPS) is 15.2. The molecule has 32 heavy (non-hydrogen) atoms. The Balaban J connectivity index is 1.41. The topological polar surface area (TPSA) is 116 Å². The molecular formula is C21H18FN5O3S2. The predicted octanol–water partition coefficient (Wildman–Crippen LogP) is 3.37. The summed E-state index contributed by atoms with van der Waals surface area (Å²) in [5.74, 6) is -1.12. The van der Waals surface area contributed by atoms with E-state index in [0.29, 0.717) is 30.9 Å². The lowest BCUT2D eigenvalue weighted by molar-refractivity contribution is 0.102. The number of carbonyl (C=O) groups excluding carboxylic acids is 1. The van der Waals surface area contributed by atoms with Crippen LogP contribution in [-0.4, -0.2) is 41.9 Å². The van der Waals surface area contributed by atoms with Crippen molar-refractivity contribution < 1.29 is 17.6 Å². The number of hydrogen-bond acceptors (Lipinski definition) is 7. The Morgan fingerprint density at radius 2 is 1.91 bits per heavy atom. The van der Waals surface area contributed by atoms with Crippen molar-refractivity contribution in [3.05, 3.63) is 69.9 Å². The number of para-hydroxylation sites is 1. The van der Waals surface area contributed by atoms with E-state index in [9.17, 15) is 17.6 Å². The number of nitriles is 1. The van der Waals surface area contributed by atoms with E-state index >= 15 is 0 Å². The number of anilines is 1. The zero-order chi connectivity index (χ0) is 22.7. The number of nitrogens with zero attached hydrogens (tertiary/aromatic N) is 4. The smallest absolute Gasteiger partial charge is 0.286 e. The monoisotopic (exact) mass is 471 g/mol. The van der Waals surface area contributed by atoms with Gasteiger partial charge in [0, 0.05) is 19.0 Å². The number of piperidine rings is 1. The number of benzene rings is 2. The van der Waals surface area contributed by atoms with Gasteiger partial charge in [0.1, 0.15) is 10.8 Å². The van der Waals surface area contributed by atoms with Crippen molar-refractivity contribution >= 4 is 33.0 Å². The minimum atomic E-state index is -3.70. The summed E-state index contributed by atoms with van der Waals surface area (Å²) < 4.78 is 40.9. The molecule has 1 saturated heterocycles. The van der Waals surface area contributed by atoms with E-state index in [4.69, 9.17) is 5.26 Å². The van der Waals surface area contributed by atoms with Crippen LogP contribution >= 0.6 is 11.3 Å². The van der Waals surface area contributed by atoms with Crippen molar-refractivity contribution in [1.29, 1.82) is 5.26 Å². The summed E-state index contributed by atoms with van der Waals surface area (Å²) >= 11 is 1.12. The Labute approximate surface area is 188 Å². The first-order chi connectivity index (χ1) is 15.4. The molecule has 0 spiro atoms. The van der Waals surface area contributed by atoms with Crippen molar-refractivity contribution in [3.63, 3.8) is 0 Å². The average molecular weight is 472 g/mol. The third-order valence-corrected chi connectivity index (χ3v) is 8.14. The van der Waals surface area contributed by atoms with Crippen molar-refractivity contribution in [2.45, 2.75) is 23.7 Å². The summed E-state index contributed by atoms with van der Waals surface area (Å²) in [4.78, 5) is 12.5. The molecule has 1 N–H and O–H groups in total. The first kappa shape index (κ1) is 22.0. The molecule has 8 nitrogen and oxygen atoms in total. The van der Waals surface area contributed by atoms with Gasteiger partial charge in [0.15, 0.2) is 0 Å². The van der Waals surface area contributed by atoms with Crippen LogP contribution in [0, 0.1) is 17.1 Å². The fraction of sp³-hybridized carbons (Fsp3) is 0.238. The fourth-order valence-corrected chi connectivity index (χ4v) is 5.87. The highest BCUT2D eigenvalue weighted by molar-refractivity contribution is 7.89. The molecular weight excluding hydrogens is 453 g/mol. The van der Waals surface area contributed by atoms with E-state index in [1.54, 1.807) is 18.2 Å². The number of amides is 1. The Morgan fingerprint density at radius 3 is 2.62 bits per heavy atom. The van der Waals surface area contributed by atoms with Crippen LogP contribution in [0.4, 0.5) is 10.1 Å². The maximum Gasteiger partial charge on any atom is 0.286 e. The third kappa shape index (κ3) is 4.52. The van der Waals surface area contributed by atoms with Crippen LogP contribution in [0.5, 0.6) is 0 Å². The molecule has 2 aromatic carbocycles. The van der Waals surface area contributed by atoms with Crippen LogP contribution in [0.1, 0.15) is 39.1 Å². The van der Waals surface area contributed by atoms with Crippen LogP contribution in [-0.2, 0) is 10.0 Å². The second-order valence-electron chi connectivity index (χ2n) is 7.20. The van der Waals surface area contributed by atoms with Crippen LogP contribution in [0.3, 0.4) is 0 Å². The van der Waals surface area contributed by atoms with Gasteiger partial charge in [-0.15, -0.1) is 10.2 Å². The van der Waals surface area contributed by atoms with Crippen molar-refractivity contribution in [3.8, 4) is 6.07 Å². The molecule has 164 valence electrons. The van der Waals surface area contributed by atoms with E-state index in [1.807, 2.05) is 6.07 Å². The van der Waals surface area contributed by atoms with Crippen LogP contribution in [0.25, 0.3) is 0 Å². The zero-order valence-corrected chi connectivity index (χ0v) is 18.4. The molecule has 1 fully saturated rings. The quantitative estimate of drug-likeness (QED) is 0.610. The lowest BCUT2D eigenvalue weighted by Gasteiger charge is -2.30. The molecule has 2 heterocycles.